The first-order valence-electron chi connectivity index (χ1n) is 8.90. The molecule has 0 N–H and O–H groups in total. The van der Waals surface area contributed by atoms with Crippen molar-refractivity contribution in [1.82, 2.24) is 9.47 Å². The lowest BCUT2D eigenvalue weighted by molar-refractivity contribution is 0.263. The molecule has 0 bridgehead atoms. The highest BCUT2D eigenvalue weighted by molar-refractivity contribution is 5.40. The maximum Gasteiger partial charge on any atom is 0.223 e. The van der Waals surface area contributed by atoms with Crippen molar-refractivity contribution in [1.29, 1.82) is 0 Å². The molecular formula is C20H26N2O3. The lowest BCUT2D eigenvalue weighted by Gasteiger charge is -2.15. The first-order chi connectivity index (χ1) is 12.2. The minimum absolute atomic E-state index is 0.103. The topological polar surface area (TPSA) is 43.7 Å². The molecule has 0 radical (unpaired) electrons. The molecule has 0 aliphatic carbocycles. The third-order valence-corrected chi connectivity index (χ3v) is 4.63. The average Bonchev–Trinajstić information content (AvgIpc) is 3.13. The van der Waals surface area contributed by atoms with Crippen LogP contribution in [0.1, 0.15) is 25.0 Å². The molecule has 5 heteroatoms. The van der Waals surface area contributed by atoms with Gasteiger partial charge in [0.05, 0.1) is 19.9 Å². The second-order valence-electron chi connectivity index (χ2n) is 6.46. The minimum atomic E-state index is -0.103. The Kier molecular flexibility index (Phi) is 5.76. The van der Waals surface area contributed by atoms with Gasteiger partial charge in [-0.05, 0) is 63.5 Å². The van der Waals surface area contributed by atoms with Crippen molar-refractivity contribution in [3.63, 3.8) is 0 Å². The molecule has 0 unspecified atom stereocenters. The smallest absolute Gasteiger partial charge is 0.223 e. The molecule has 0 atom stereocenters. The molecule has 5 nitrogen and oxygen atoms in total. The average molecular weight is 342 g/mol. The fraction of sp³-hybridized carbons (Fsp3) is 0.450. The van der Waals surface area contributed by atoms with Gasteiger partial charge < -0.3 is 18.9 Å². The molecule has 0 amide bonds. The molecule has 3 rings (SSSR count). The molecule has 2 heterocycles. The van der Waals surface area contributed by atoms with Gasteiger partial charge in [-0.1, -0.05) is 0 Å². The number of likely N-dealkylation sites (tertiary alicyclic amines) is 1. The summed E-state index contributed by atoms with van der Waals surface area (Å²) in [4.78, 5) is 14.3. The number of rotatable bonds is 7. The molecule has 0 spiro atoms. The molecule has 1 aliphatic heterocycles. The molecule has 0 saturated carbocycles. The van der Waals surface area contributed by atoms with Gasteiger partial charge in [0.1, 0.15) is 5.75 Å². The number of hydrogen-bond acceptors (Lipinski definition) is 4. The fourth-order valence-corrected chi connectivity index (χ4v) is 3.23. The van der Waals surface area contributed by atoms with E-state index >= 15 is 0 Å². The number of benzene rings is 1. The van der Waals surface area contributed by atoms with Gasteiger partial charge in [0.25, 0.3) is 0 Å². The highest BCUT2D eigenvalue weighted by atomic mass is 16.5. The van der Waals surface area contributed by atoms with E-state index in [1.807, 2.05) is 35.8 Å². The van der Waals surface area contributed by atoms with Crippen molar-refractivity contribution in [2.24, 2.45) is 0 Å². The number of methoxy groups -OCH3 is 1. The van der Waals surface area contributed by atoms with Crippen molar-refractivity contribution in [2.75, 3.05) is 33.4 Å². The normalized spacial score (nSPS) is 14.6. The van der Waals surface area contributed by atoms with Crippen LogP contribution in [0.3, 0.4) is 0 Å². The van der Waals surface area contributed by atoms with Crippen molar-refractivity contribution in [3.8, 4) is 17.2 Å². The lowest BCUT2D eigenvalue weighted by atomic mass is 10.2. The zero-order chi connectivity index (χ0) is 17.6. The highest BCUT2D eigenvalue weighted by Gasteiger charge is 2.10. The lowest BCUT2D eigenvalue weighted by Crippen LogP contribution is -2.21. The first kappa shape index (κ1) is 17.5. The number of hydrogen-bond donors (Lipinski definition) is 0. The molecular weight excluding hydrogens is 316 g/mol. The van der Waals surface area contributed by atoms with E-state index in [0.29, 0.717) is 5.75 Å². The zero-order valence-corrected chi connectivity index (χ0v) is 15.0. The van der Waals surface area contributed by atoms with Crippen LogP contribution in [-0.4, -0.2) is 42.8 Å². The van der Waals surface area contributed by atoms with Crippen molar-refractivity contribution >= 4 is 0 Å². The van der Waals surface area contributed by atoms with Gasteiger partial charge >= 0.3 is 0 Å². The Balaban J connectivity index is 1.59. The summed E-state index contributed by atoms with van der Waals surface area (Å²) in [5.74, 6) is 1.21. The van der Waals surface area contributed by atoms with Crippen LogP contribution in [-0.2, 0) is 0 Å². The van der Waals surface area contributed by atoms with Gasteiger partial charge in [-0.15, -0.1) is 0 Å². The predicted octanol–water partition coefficient (Wildman–Crippen LogP) is 3.02. The van der Waals surface area contributed by atoms with Gasteiger partial charge in [-0.2, -0.15) is 0 Å². The maximum atomic E-state index is 11.8. The monoisotopic (exact) mass is 342 g/mol. The second kappa shape index (κ2) is 8.21. The molecule has 1 aromatic heterocycles. The Morgan fingerprint density at radius 2 is 1.84 bits per heavy atom. The van der Waals surface area contributed by atoms with Crippen LogP contribution in [0, 0.1) is 6.92 Å². The first-order valence-corrected chi connectivity index (χ1v) is 8.90. The minimum Gasteiger partial charge on any atom is -0.494 e. The van der Waals surface area contributed by atoms with E-state index in [2.05, 4.69) is 4.90 Å². The van der Waals surface area contributed by atoms with Gasteiger partial charge in [-0.25, -0.2) is 0 Å². The molecule has 1 fully saturated rings. The summed E-state index contributed by atoms with van der Waals surface area (Å²) in [6.45, 7) is 6.23. The predicted molar refractivity (Wildman–Crippen MR) is 99.1 cm³/mol. The molecule has 1 aliphatic rings. The van der Waals surface area contributed by atoms with Gasteiger partial charge in [-0.3, -0.25) is 4.79 Å². The van der Waals surface area contributed by atoms with E-state index < -0.39 is 0 Å². The Bertz CT molecular complexity index is 747. The third-order valence-electron chi connectivity index (χ3n) is 4.63. The van der Waals surface area contributed by atoms with Crippen molar-refractivity contribution in [2.45, 2.75) is 26.2 Å². The van der Waals surface area contributed by atoms with E-state index in [-0.39, 0.29) is 5.43 Å². The van der Waals surface area contributed by atoms with Crippen LogP contribution in [0.15, 0.2) is 41.3 Å². The second-order valence-corrected chi connectivity index (χ2v) is 6.46. The maximum absolute atomic E-state index is 11.8. The molecule has 2 aromatic rings. The van der Waals surface area contributed by atoms with Crippen LogP contribution < -0.4 is 14.9 Å². The van der Waals surface area contributed by atoms with Gasteiger partial charge in [0.15, 0.2) is 5.75 Å². The number of ether oxygens (including phenoxy) is 2. The Morgan fingerprint density at radius 3 is 2.52 bits per heavy atom. The summed E-state index contributed by atoms with van der Waals surface area (Å²) in [5, 5.41) is 0. The van der Waals surface area contributed by atoms with Crippen molar-refractivity contribution < 1.29 is 9.47 Å². The van der Waals surface area contributed by atoms with Crippen molar-refractivity contribution in [3.05, 3.63) is 52.4 Å². The number of aromatic nitrogens is 1. The summed E-state index contributed by atoms with van der Waals surface area (Å²) in [6.07, 6.45) is 5.44. The van der Waals surface area contributed by atoms with E-state index in [9.17, 15) is 4.79 Å². The van der Waals surface area contributed by atoms with Crippen LogP contribution in [0.5, 0.6) is 11.5 Å². The SMILES string of the molecule is COc1cn(-c2ccc(OCCCN3CCCC3)cc2)c(C)cc1=O. The molecule has 134 valence electrons. The van der Waals surface area contributed by atoms with Crippen LogP contribution in [0.4, 0.5) is 0 Å². The van der Waals surface area contributed by atoms with E-state index in [0.717, 1.165) is 36.7 Å². The highest BCUT2D eigenvalue weighted by Crippen LogP contribution is 2.18. The van der Waals surface area contributed by atoms with Crippen LogP contribution in [0.25, 0.3) is 5.69 Å². The summed E-state index contributed by atoms with van der Waals surface area (Å²) >= 11 is 0. The number of aryl methyl sites for hydroxylation is 1. The third kappa shape index (κ3) is 4.42. The van der Waals surface area contributed by atoms with E-state index in [1.165, 1.54) is 33.0 Å². The Morgan fingerprint density at radius 1 is 1.12 bits per heavy atom. The summed E-state index contributed by atoms with van der Waals surface area (Å²) in [7, 11) is 1.51. The van der Waals surface area contributed by atoms with Crippen LogP contribution >= 0.6 is 0 Å². The Hall–Kier alpha value is -2.27. The number of pyridine rings is 1. The molecule has 1 saturated heterocycles. The molecule has 1 aromatic carbocycles. The van der Waals surface area contributed by atoms with E-state index in [4.69, 9.17) is 9.47 Å². The summed E-state index contributed by atoms with van der Waals surface area (Å²) in [6, 6.07) is 9.51. The summed E-state index contributed by atoms with van der Waals surface area (Å²) in [5.41, 5.74) is 1.74. The Labute approximate surface area is 148 Å². The van der Waals surface area contributed by atoms with Crippen LogP contribution in [0.2, 0.25) is 0 Å². The zero-order valence-electron chi connectivity index (χ0n) is 15.0. The summed E-state index contributed by atoms with van der Waals surface area (Å²) < 4.78 is 12.9. The largest absolute Gasteiger partial charge is 0.494 e. The van der Waals surface area contributed by atoms with Gasteiger partial charge in [0, 0.05) is 24.0 Å². The van der Waals surface area contributed by atoms with E-state index in [1.54, 1.807) is 12.3 Å². The quantitative estimate of drug-likeness (QED) is 0.726. The molecule has 25 heavy (non-hydrogen) atoms. The number of nitrogens with zero attached hydrogens (tertiary/aromatic N) is 2. The van der Waals surface area contributed by atoms with Gasteiger partial charge in [0.2, 0.25) is 5.43 Å². The fourth-order valence-electron chi connectivity index (χ4n) is 3.23. The standard InChI is InChI=1S/C20H26N2O3/c1-16-14-19(23)20(24-2)15-22(16)17-6-8-18(9-7-17)25-13-5-12-21-10-3-4-11-21/h6-9,14-15H,3-5,10-13H2,1-2H3.